The summed E-state index contributed by atoms with van der Waals surface area (Å²) in [6.07, 6.45) is 1.75. The fourth-order valence-electron chi connectivity index (χ4n) is 4.45. The standard InChI is InChI=1S/C30H24N6O2S/c1-20-17-26(22-9-5-3-6-10-22)35(27(39)18-20)32-29-33-36-28(37)25(19-21-13-15-24(38-2)16-14-21)31-30(36)34(29)23-11-7-4-8-12-23/h3-19H,1-2H3,(H,32,33)/b25-19-. The van der Waals surface area contributed by atoms with Crippen molar-refractivity contribution in [1.82, 2.24) is 15.1 Å². The van der Waals surface area contributed by atoms with E-state index in [1.807, 2.05) is 109 Å². The van der Waals surface area contributed by atoms with Gasteiger partial charge in [0.1, 0.15) is 16.1 Å². The average molecular weight is 533 g/mol. The number of guanidine groups is 2. The van der Waals surface area contributed by atoms with Crippen molar-refractivity contribution in [1.29, 1.82) is 0 Å². The number of para-hydroxylation sites is 1. The van der Waals surface area contributed by atoms with Gasteiger partial charge in [-0.05, 0) is 60.5 Å². The Morgan fingerprint density at radius 3 is 2.33 bits per heavy atom. The minimum absolute atomic E-state index is 0.289. The maximum atomic E-state index is 13.4. The SMILES string of the molecule is COc1ccc(/C=C2\N=C3N(N/C(=N\n4c(-c5ccccc5)cc(C)cc4=S)N3c3ccccc3)C2=O)cc1. The van der Waals surface area contributed by atoms with Crippen molar-refractivity contribution in [2.75, 3.05) is 12.0 Å². The number of aryl methyl sites for hydroxylation is 1. The lowest BCUT2D eigenvalue weighted by atomic mass is 10.1. The highest BCUT2D eigenvalue weighted by Gasteiger charge is 2.43. The van der Waals surface area contributed by atoms with Gasteiger partial charge in [0, 0.05) is 5.56 Å². The Kier molecular flexibility index (Phi) is 6.26. The molecular formula is C30H24N6O2S. The first-order chi connectivity index (χ1) is 19.0. The van der Waals surface area contributed by atoms with Crippen LogP contribution in [0, 0.1) is 11.6 Å². The average Bonchev–Trinajstić information content (AvgIpc) is 3.46. The quantitative estimate of drug-likeness (QED) is 0.268. The summed E-state index contributed by atoms with van der Waals surface area (Å²) in [5.74, 6) is 1.26. The van der Waals surface area contributed by atoms with Crippen molar-refractivity contribution < 1.29 is 9.53 Å². The van der Waals surface area contributed by atoms with Crippen LogP contribution in [0.1, 0.15) is 11.1 Å². The number of amides is 1. The lowest BCUT2D eigenvalue weighted by Crippen LogP contribution is -2.38. The molecule has 0 atom stereocenters. The van der Waals surface area contributed by atoms with Gasteiger partial charge in [0.25, 0.3) is 5.91 Å². The zero-order valence-corrected chi connectivity index (χ0v) is 22.1. The predicted molar refractivity (Wildman–Crippen MR) is 156 cm³/mol. The van der Waals surface area contributed by atoms with Crippen molar-refractivity contribution in [3.05, 3.63) is 119 Å². The van der Waals surface area contributed by atoms with Crippen LogP contribution in [-0.2, 0) is 4.79 Å². The van der Waals surface area contributed by atoms with Crippen LogP contribution in [0.2, 0.25) is 0 Å². The number of nitrogens with one attached hydrogen (secondary N) is 1. The number of hydrogen-bond donors (Lipinski definition) is 1. The van der Waals surface area contributed by atoms with Crippen LogP contribution in [0.4, 0.5) is 5.69 Å². The maximum Gasteiger partial charge on any atom is 0.298 e. The van der Waals surface area contributed by atoms with Crippen LogP contribution in [0.15, 0.2) is 113 Å². The van der Waals surface area contributed by atoms with E-state index < -0.39 is 0 Å². The molecule has 6 rings (SSSR count). The first-order valence-electron chi connectivity index (χ1n) is 12.3. The smallest absolute Gasteiger partial charge is 0.298 e. The monoisotopic (exact) mass is 532 g/mol. The summed E-state index contributed by atoms with van der Waals surface area (Å²) in [7, 11) is 1.62. The number of anilines is 1. The van der Waals surface area contributed by atoms with Gasteiger partial charge in [-0.1, -0.05) is 72.9 Å². The van der Waals surface area contributed by atoms with Crippen molar-refractivity contribution in [2.45, 2.75) is 6.92 Å². The van der Waals surface area contributed by atoms with Gasteiger partial charge in [0.2, 0.25) is 11.9 Å². The molecule has 1 N–H and O–H groups in total. The summed E-state index contributed by atoms with van der Waals surface area (Å²) in [5, 5.41) is 6.32. The molecular weight excluding hydrogens is 508 g/mol. The van der Waals surface area contributed by atoms with E-state index in [1.54, 1.807) is 17.9 Å². The van der Waals surface area contributed by atoms with E-state index in [-0.39, 0.29) is 5.91 Å². The van der Waals surface area contributed by atoms with Gasteiger partial charge in [-0.3, -0.25) is 10.2 Å². The molecule has 2 aliphatic rings. The minimum atomic E-state index is -0.289. The maximum absolute atomic E-state index is 13.4. The summed E-state index contributed by atoms with van der Waals surface area (Å²) in [4.78, 5) is 20.0. The molecule has 192 valence electrons. The molecule has 2 aliphatic heterocycles. The number of aromatic nitrogens is 1. The van der Waals surface area contributed by atoms with Gasteiger partial charge < -0.3 is 4.74 Å². The van der Waals surface area contributed by atoms with Gasteiger partial charge in [-0.2, -0.15) is 5.01 Å². The number of benzene rings is 3. The Morgan fingerprint density at radius 2 is 1.64 bits per heavy atom. The fraction of sp³-hybridized carbons (Fsp3) is 0.0667. The van der Waals surface area contributed by atoms with E-state index in [9.17, 15) is 4.79 Å². The summed E-state index contributed by atoms with van der Waals surface area (Å²) < 4.78 is 7.48. The van der Waals surface area contributed by atoms with Gasteiger partial charge in [-0.15, -0.1) is 5.10 Å². The summed E-state index contributed by atoms with van der Waals surface area (Å²) in [6.45, 7) is 2.00. The van der Waals surface area contributed by atoms with E-state index in [0.717, 1.165) is 33.8 Å². The van der Waals surface area contributed by atoms with E-state index >= 15 is 0 Å². The molecule has 1 fully saturated rings. The Hall–Kier alpha value is -5.02. The van der Waals surface area contributed by atoms with Crippen molar-refractivity contribution in [3.63, 3.8) is 0 Å². The molecule has 8 nitrogen and oxygen atoms in total. The van der Waals surface area contributed by atoms with Crippen molar-refractivity contribution >= 4 is 41.8 Å². The third-order valence-electron chi connectivity index (χ3n) is 6.32. The number of hydrazine groups is 1. The third kappa shape index (κ3) is 4.60. The third-order valence-corrected chi connectivity index (χ3v) is 6.61. The van der Waals surface area contributed by atoms with Crippen LogP contribution < -0.4 is 15.1 Å². The molecule has 9 heteroatoms. The fourth-order valence-corrected chi connectivity index (χ4v) is 4.77. The summed E-state index contributed by atoms with van der Waals surface area (Å²) >= 11 is 5.73. The predicted octanol–water partition coefficient (Wildman–Crippen LogP) is 5.58. The highest BCUT2D eigenvalue weighted by molar-refractivity contribution is 7.71. The Morgan fingerprint density at radius 1 is 0.949 bits per heavy atom. The Bertz CT molecular complexity index is 1710. The molecule has 3 aromatic carbocycles. The lowest BCUT2D eigenvalue weighted by Gasteiger charge is -2.17. The number of methoxy groups -OCH3 is 1. The van der Waals surface area contributed by atoms with E-state index in [1.165, 1.54) is 5.01 Å². The second kappa shape index (κ2) is 10.0. The molecule has 0 bridgehead atoms. The molecule has 1 amide bonds. The van der Waals surface area contributed by atoms with Crippen molar-refractivity contribution in [2.24, 2.45) is 10.1 Å². The number of rotatable bonds is 5. The second-order valence-electron chi connectivity index (χ2n) is 9.00. The molecule has 1 aromatic heterocycles. The van der Waals surface area contributed by atoms with Crippen molar-refractivity contribution in [3.8, 4) is 17.0 Å². The van der Waals surface area contributed by atoms with Crippen LogP contribution in [0.5, 0.6) is 5.75 Å². The minimum Gasteiger partial charge on any atom is -0.497 e. The molecule has 1 saturated heterocycles. The molecule has 0 aliphatic carbocycles. The topological polar surface area (TPSA) is 74.5 Å². The van der Waals surface area contributed by atoms with E-state index in [0.29, 0.717) is 22.3 Å². The highest BCUT2D eigenvalue weighted by Crippen LogP contribution is 2.28. The molecule has 0 radical (unpaired) electrons. The van der Waals surface area contributed by atoms with Crippen LogP contribution in [-0.4, -0.2) is 34.6 Å². The largest absolute Gasteiger partial charge is 0.497 e. The number of nitrogens with zero attached hydrogens (tertiary/aromatic N) is 5. The van der Waals surface area contributed by atoms with Gasteiger partial charge in [0.15, 0.2) is 0 Å². The number of carbonyl (C=O) groups is 1. The number of ether oxygens (including phenoxy) is 1. The molecule has 4 aromatic rings. The number of hydrogen-bond acceptors (Lipinski definition) is 5. The Labute approximate surface area is 230 Å². The molecule has 0 unspecified atom stereocenters. The Balaban J connectivity index is 1.47. The summed E-state index contributed by atoms with van der Waals surface area (Å²) in [5.41, 5.74) is 7.93. The zero-order chi connectivity index (χ0) is 26.9. The highest BCUT2D eigenvalue weighted by atomic mass is 32.1. The first kappa shape index (κ1) is 24.3. The molecule has 39 heavy (non-hydrogen) atoms. The van der Waals surface area contributed by atoms with Gasteiger partial charge in [0.05, 0.1) is 18.5 Å². The number of aliphatic imine (C=N–C) groups is 1. The number of pyridine rings is 1. The van der Waals surface area contributed by atoms with Crippen LogP contribution in [0.25, 0.3) is 17.3 Å². The lowest BCUT2D eigenvalue weighted by molar-refractivity contribution is -0.123. The van der Waals surface area contributed by atoms with Crippen LogP contribution >= 0.6 is 12.2 Å². The number of carbonyl (C=O) groups excluding carboxylic acids is 1. The van der Waals surface area contributed by atoms with Crippen LogP contribution in [0.3, 0.4) is 0 Å². The zero-order valence-electron chi connectivity index (χ0n) is 21.3. The normalized spacial score (nSPS) is 16.5. The van der Waals surface area contributed by atoms with E-state index in [4.69, 9.17) is 27.0 Å². The molecule has 0 saturated carbocycles. The molecule has 3 heterocycles. The summed E-state index contributed by atoms with van der Waals surface area (Å²) in [6, 6.07) is 31.0. The number of fused-ring (bicyclic) bond motifs is 1. The van der Waals surface area contributed by atoms with Gasteiger partial charge >= 0.3 is 0 Å². The van der Waals surface area contributed by atoms with Gasteiger partial charge in [-0.25, -0.2) is 14.6 Å². The second-order valence-corrected chi connectivity index (χ2v) is 9.41. The molecule has 0 spiro atoms. The van der Waals surface area contributed by atoms with E-state index in [2.05, 4.69) is 5.43 Å². The first-order valence-corrected chi connectivity index (χ1v) is 12.7.